The molecule has 2 heteroatoms. The van der Waals surface area contributed by atoms with Gasteiger partial charge in [0.05, 0.1) is 0 Å². The average molecular weight is 322 g/mol. The van der Waals surface area contributed by atoms with Crippen LogP contribution in [-0.2, 0) is 12.0 Å². The minimum Gasteiger partial charge on any atom is -0.339 e. The number of nitrogens with zero attached hydrogens (tertiary/aromatic N) is 2. The summed E-state index contributed by atoms with van der Waals surface area (Å²) < 4.78 is 2.50. The van der Waals surface area contributed by atoms with Crippen molar-refractivity contribution in [1.29, 1.82) is 0 Å². The van der Waals surface area contributed by atoms with E-state index < -0.39 is 0 Å². The van der Waals surface area contributed by atoms with Gasteiger partial charge in [-0.1, -0.05) is 58.9 Å². The van der Waals surface area contributed by atoms with Gasteiger partial charge in [0.1, 0.15) is 0 Å². The third kappa shape index (κ3) is 3.08. The van der Waals surface area contributed by atoms with Crippen molar-refractivity contribution in [2.24, 2.45) is 0 Å². The van der Waals surface area contributed by atoms with Gasteiger partial charge < -0.3 is 9.47 Å². The molecule has 24 heavy (non-hydrogen) atoms. The lowest BCUT2D eigenvalue weighted by molar-refractivity contribution is 0.293. The third-order valence-electron chi connectivity index (χ3n) is 5.17. The van der Waals surface area contributed by atoms with Crippen molar-refractivity contribution < 1.29 is 0 Å². The molecule has 3 aromatic rings. The average Bonchev–Trinajstić information content (AvgIpc) is 2.89. The number of hydrogen-bond acceptors (Lipinski definition) is 1. The first kappa shape index (κ1) is 17.0. The summed E-state index contributed by atoms with van der Waals surface area (Å²) in [7, 11) is 0. The number of fused-ring (bicyclic) bond motifs is 3. The highest BCUT2D eigenvalue weighted by Crippen LogP contribution is 2.33. The second-order valence-electron chi connectivity index (χ2n) is 7.68. The Balaban J connectivity index is 2.13. The van der Waals surface area contributed by atoms with Gasteiger partial charge in [0.2, 0.25) is 0 Å². The van der Waals surface area contributed by atoms with Crippen LogP contribution in [0.1, 0.15) is 40.2 Å². The molecule has 3 rings (SSSR count). The summed E-state index contributed by atoms with van der Waals surface area (Å²) in [6.07, 6.45) is 0. The molecule has 0 radical (unpaired) electrons. The summed E-state index contributed by atoms with van der Waals surface area (Å²) in [5.41, 5.74) is 4.29. The van der Waals surface area contributed by atoms with Gasteiger partial charge in [0, 0.05) is 34.9 Å². The van der Waals surface area contributed by atoms with E-state index in [0.717, 1.165) is 26.2 Å². The highest BCUT2D eigenvalue weighted by Gasteiger charge is 2.17. The number of aromatic nitrogens is 1. The fourth-order valence-electron chi connectivity index (χ4n) is 3.54. The highest BCUT2D eigenvalue weighted by atomic mass is 15.1. The Hall–Kier alpha value is -1.80. The van der Waals surface area contributed by atoms with Crippen molar-refractivity contribution in [2.75, 3.05) is 19.6 Å². The van der Waals surface area contributed by atoms with Gasteiger partial charge >= 0.3 is 0 Å². The van der Waals surface area contributed by atoms with Gasteiger partial charge in [0.15, 0.2) is 0 Å². The molecule has 0 amide bonds. The molecule has 0 bridgehead atoms. The van der Waals surface area contributed by atoms with Crippen molar-refractivity contribution in [1.82, 2.24) is 9.47 Å². The Morgan fingerprint density at radius 3 is 2.21 bits per heavy atom. The third-order valence-corrected chi connectivity index (χ3v) is 5.17. The summed E-state index contributed by atoms with van der Waals surface area (Å²) in [6, 6.07) is 15.8. The van der Waals surface area contributed by atoms with E-state index >= 15 is 0 Å². The van der Waals surface area contributed by atoms with Crippen molar-refractivity contribution >= 4 is 21.8 Å². The zero-order chi connectivity index (χ0) is 17.3. The number of benzene rings is 2. The Labute approximate surface area is 146 Å². The van der Waals surface area contributed by atoms with Crippen LogP contribution in [0.15, 0.2) is 42.5 Å². The molecule has 2 aromatic carbocycles. The van der Waals surface area contributed by atoms with E-state index in [1.165, 1.54) is 27.4 Å². The molecule has 0 spiro atoms. The van der Waals surface area contributed by atoms with Crippen LogP contribution in [0.25, 0.3) is 21.8 Å². The number of para-hydroxylation sites is 1. The predicted molar refractivity (Wildman–Crippen MR) is 106 cm³/mol. The fourth-order valence-corrected chi connectivity index (χ4v) is 3.54. The largest absolute Gasteiger partial charge is 0.339 e. The van der Waals surface area contributed by atoms with Gasteiger partial charge in [-0.15, -0.1) is 0 Å². The van der Waals surface area contributed by atoms with Crippen LogP contribution in [0.5, 0.6) is 0 Å². The fraction of sp³-hybridized carbons (Fsp3) is 0.455. The Morgan fingerprint density at radius 1 is 0.875 bits per heavy atom. The lowest BCUT2D eigenvalue weighted by atomic mass is 9.86. The summed E-state index contributed by atoms with van der Waals surface area (Å²) in [6.45, 7) is 15.7. The van der Waals surface area contributed by atoms with Crippen LogP contribution < -0.4 is 0 Å². The molecule has 128 valence electrons. The summed E-state index contributed by atoms with van der Waals surface area (Å²) >= 11 is 0. The van der Waals surface area contributed by atoms with Gasteiger partial charge in [-0.05, 0) is 42.3 Å². The molecule has 0 saturated carbocycles. The maximum Gasteiger partial charge on any atom is 0.0492 e. The molecule has 0 fully saturated rings. The number of likely N-dealkylation sites (N-methyl/N-ethyl adjacent to an activating group) is 1. The highest BCUT2D eigenvalue weighted by molar-refractivity contribution is 6.08. The van der Waals surface area contributed by atoms with E-state index in [0.29, 0.717) is 0 Å². The van der Waals surface area contributed by atoms with Crippen LogP contribution in [0, 0.1) is 0 Å². The molecular formula is C22H30N2. The first-order valence-electron chi connectivity index (χ1n) is 9.19. The van der Waals surface area contributed by atoms with Crippen LogP contribution >= 0.6 is 0 Å². The van der Waals surface area contributed by atoms with E-state index in [-0.39, 0.29) is 5.41 Å². The topological polar surface area (TPSA) is 8.17 Å². The SMILES string of the molecule is CCN(CC)CCn1c2ccccc2c2cc(C(C)(C)C)ccc21. The predicted octanol–water partition coefficient (Wildman–Crippen LogP) is 5.43. The minimum atomic E-state index is 0.179. The smallest absolute Gasteiger partial charge is 0.0492 e. The van der Waals surface area contributed by atoms with Crippen LogP contribution in [0.4, 0.5) is 0 Å². The van der Waals surface area contributed by atoms with Crippen molar-refractivity contribution in [3.05, 3.63) is 48.0 Å². The zero-order valence-corrected chi connectivity index (χ0v) is 15.8. The normalized spacial score (nSPS) is 12.6. The summed E-state index contributed by atoms with van der Waals surface area (Å²) in [4.78, 5) is 2.49. The lowest BCUT2D eigenvalue weighted by Gasteiger charge is -2.20. The van der Waals surface area contributed by atoms with E-state index in [1.807, 2.05) is 0 Å². The van der Waals surface area contributed by atoms with Crippen molar-refractivity contribution in [3.63, 3.8) is 0 Å². The maximum absolute atomic E-state index is 2.50. The first-order valence-corrected chi connectivity index (χ1v) is 9.19. The second kappa shape index (κ2) is 6.60. The monoisotopic (exact) mass is 322 g/mol. The standard InChI is InChI=1S/C22H30N2/c1-6-23(7-2)14-15-24-20-11-9-8-10-18(20)19-16-17(22(3,4)5)12-13-21(19)24/h8-13,16H,6-7,14-15H2,1-5H3. The Bertz CT molecular complexity index is 832. The van der Waals surface area contributed by atoms with Gasteiger partial charge in [-0.2, -0.15) is 0 Å². The number of rotatable bonds is 5. The molecule has 0 aliphatic rings. The molecule has 1 aromatic heterocycles. The van der Waals surface area contributed by atoms with Gasteiger partial charge in [-0.25, -0.2) is 0 Å². The van der Waals surface area contributed by atoms with Crippen LogP contribution in [0.2, 0.25) is 0 Å². The maximum atomic E-state index is 2.50. The molecule has 1 heterocycles. The minimum absolute atomic E-state index is 0.179. The van der Waals surface area contributed by atoms with Gasteiger partial charge in [-0.3, -0.25) is 0 Å². The quantitative estimate of drug-likeness (QED) is 0.608. The van der Waals surface area contributed by atoms with Crippen molar-refractivity contribution in [3.8, 4) is 0 Å². The molecule has 0 aliphatic heterocycles. The van der Waals surface area contributed by atoms with E-state index in [4.69, 9.17) is 0 Å². The molecule has 0 atom stereocenters. The van der Waals surface area contributed by atoms with Crippen LogP contribution in [0.3, 0.4) is 0 Å². The van der Waals surface area contributed by atoms with Gasteiger partial charge in [0.25, 0.3) is 0 Å². The molecule has 2 nitrogen and oxygen atoms in total. The summed E-state index contributed by atoms with van der Waals surface area (Å²) in [5.74, 6) is 0. The van der Waals surface area contributed by atoms with E-state index in [1.54, 1.807) is 0 Å². The number of hydrogen-bond donors (Lipinski definition) is 0. The Morgan fingerprint density at radius 2 is 1.54 bits per heavy atom. The Kier molecular flexibility index (Phi) is 4.69. The molecule has 0 unspecified atom stereocenters. The first-order chi connectivity index (χ1) is 11.5. The zero-order valence-electron chi connectivity index (χ0n) is 15.8. The van der Waals surface area contributed by atoms with E-state index in [9.17, 15) is 0 Å². The van der Waals surface area contributed by atoms with Crippen LogP contribution in [-0.4, -0.2) is 29.1 Å². The lowest BCUT2D eigenvalue weighted by Crippen LogP contribution is -2.26. The molecular weight excluding hydrogens is 292 g/mol. The van der Waals surface area contributed by atoms with Crippen molar-refractivity contribution in [2.45, 2.75) is 46.6 Å². The second-order valence-corrected chi connectivity index (χ2v) is 7.68. The van der Waals surface area contributed by atoms with E-state index in [2.05, 4.69) is 86.6 Å². The molecule has 0 N–H and O–H groups in total. The molecule has 0 aliphatic carbocycles. The molecule has 0 saturated heterocycles. The summed E-state index contributed by atoms with van der Waals surface area (Å²) in [5, 5.41) is 2.76.